The second-order valence-electron chi connectivity index (χ2n) is 6.83. The van der Waals surface area contributed by atoms with Crippen molar-refractivity contribution in [1.82, 2.24) is 0 Å². The molecular formula is C16H32. The van der Waals surface area contributed by atoms with Crippen LogP contribution in [0.4, 0.5) is 0 Å². The van der Waals surface area contributed by atoms with Crippen LogP contribution in [-0.4, -0.2) is 0 Å². The van der Waals surface area contributed by atoms with Crippen LogP contribution in [0.3, 0.4) is 0 Å². The summed E-state index contributed by atoms with van der Waals surface area (Å²) in [6.07, 6.45) is 13.1. The maximum atomic E-state index is 2.49. The molecule has 16 heavy (non-hydrogen) atoms. The average molecular weight is 224 g/mol. The van der Waals surface area contributed by atoms with Gasteiger partial charge in [0.25, 0.3) is 0 Å². The molecule has 0 bridgehead atoms. The van der Waals surface area contributed by atoms with E-state index in [1.165, 1.54) is 57.8 Å². The molecule has 1 rings (SSSR count). The fraction of sp³-hybridized carbons (Fsp3) is 1.00. The molecule has 0 heteroatoms. The van der Waals surface area contributed by atoms with Gasteiger partial charge in [0.05, 0.1) is 0 Å². The molecule has 2 atom stereocenters. The standard InChI is InChI=1S/C16H32/c1-5-6-7-8-9-15-11-13-16(3,4)12-10-14(15)2/h14-15H,5-13H2,1-4H3. The number of rotatable bonds is 5. The van der Waals surface area contributed by atoms with Crippen molar-refractivity contribution in [2.45, 2.75) is 85.5 Å². The summed E-state index contributed by atoms with van der Waals surface area (Å²) in [6, 6.07) is 0. The summed E-state index contributed by atoms with van der Waals surface area (Å²) in [5.74, 6) is 2.00. The number of hydrogen-bond donors (Lipinski definition) is 0. The lowest BCUT2D eigenvalue weighted by Crippen LogP contribution is -2.10. The normalized spacial score (nSPS) is 30.0. The summed E-state index contributed by atoms with van der Waals surface area (Å²) in [5.41, 5.74) is 0.617. The van der Waals surface area contributed by atoms with Crippen molar-refractivity contribution < 1.29 is 0 Å². The quantitative estimate of drug-likeness (QED) is 0.408. The van der Waals surface area contributed by atoms with Gasteiger partial charge in [-0.3, -0.25) is 0 Å². The number of unbranched alkanes of at least 4 members (excludes halogenated alkanes) is 3. The molecule has 0 amide bonds. The zero-order valence-corrected chi connectivity index (χ0v) is 12.0. The highest BCUT2D eigenvalue weighted by atomic mass is 14.3. The SMILES string of the molecule is CCCCCCC1CCC(C)(C)CCC1C. The molecule has 1 saturated carbocycles. The largest absolute Gasteiger partial charge is 0.0654 e. The molecule has 0 radical (unpaired) electrons. The van der Waals surface area contributed by atoms with Gasteiger partial charge in [-0.2, -0.15) is 0 Å². The van der Waals surface area contributed by atoms with Crippen LogP contribution in [0.2, 0.25) is 0 Å². The van der Waals surface area contributed by atoms with Gasteiger partial charge in [0.15, 0.2) is 0 Å². The second kappa shape index (κ2) is 6.67. The third-order valence-corrected chi connectivity index (χ3v) is 4.70. The Balaban J connectivity index is 2.29. The first kappa shape index (κ1) is 14.1. The smallest absolute Gasteiger partial charge is 0.0354 e. The van der Waals surface area contributed by atoms with E-state index in [4.69, 9.17) is 0 Å². The van der Waals surface area contributed by atoms with Gasteiger partial charge in [0.1, 0.15) is 0 Å². The Kier molecular flexibility index (Phi) is 5.86. The van der Waals surface area contributed by atoms with Crippen LogP contribution < -0.4 is 0 Å². The average Bonchev–Trinajstić information content (AvgIpc) is 2.36. The van der Waals surface area contributed by atoms with Crippen molar-refractivity contribution in [3.8, 4) is 0 Å². The predicted molar refractivity (Wildman–Crippen MR) is 73.7 cm³/mol. The van der Waals surface area contributed by atoms with E-state index < -0.39 is 0 Å². The van der Waals surface area contributed by atoms with Crippen LogP contribution in [0.5, 0.6) is 0 Å². The minimum absolute atomic E-state index is 0.617. The highest BCUT2D eigenvalue weighted by Gasteiger charge is 2.28. The summed E-state index contributed by atoms with van der Waals surface area (Å²) in [6.45, 7) is 9.71. The highest BCUT2D eigenvalue weighted by molar-refractivity contribution is 4.79. The Morgan fingerprint density at radius 1 is 1.00 bits per heavy atom. The first-order chi connectivity index (χ1) is 7.55. The fourth-order valence-corrected chi connectivity index (χ4v) is 3.10. The van der Waals surface area contributed by atoms with Gasteiger partial charge < -0.3 is 0 Å². The maximum absolute atomic E-state index is 2.49. The van der Waals surface area contributed by atoms with Gasteiger partial charge in [0, 0.05) is 0 Å². The van der Waals surface area contributed by atoms with E-state index in [1.54, 1.807) is 0 Å². The molecule has 1 aliphatic carbocycles. The van der Waals surface area contributed by atoms with Crippen molar-refractivity contribution in [3.63, 3.8) is 0 Å². The Morgan fingerprint density at radius 2 is 1.69 bits per heavy atom. The maximum Gasteiger partial charge on any atom is -0.0354 e. The summed E-state index contributed by atoms with van der Waals surface area (Å²) in [5, 5.41) is 0. The van der Waals surface area contributed by atoms with Crippen molar-refractivity contribution in [1.29, 1.82) is 0 Å². The topological polar surface area (TPSA) is 0 Å². The van der Waals surface area contributed by atoms with E-state index in [-0.39, 0.29) is 0 Å². The van der Waals surface area contributed by atoms with Crippen LogP contribution in [0.15, 0.2) is 0 Å². The first-order valence-electron chi connectivity index (χ1n) is 7.55. The summed E-state index contributed by atoms with van der Waals surface area (Å²) in [7, 11) is 0. The minimum atomic E-state index is 0.617. The highest BCUT2D eigenvalue weighted by Crippen LogP contribution is 2.40. The monoisotopic (exact) mass is 224 g/mol. The molecule has 0 aromatic rings. The van der Waals surface area contributed by atoms with Crippen molar-refractivity contribution >= 4 is 0 Å². The molecule has 96 valence electrons. The lowest BCUT2D eigenvalue weighted by Gasteiger charge is -2.22. The van der Waals surface area contributed by atoms with E-state index in [2.05, 4.69) is 27.7 Å². The third-order valence-electron chi connectivity index (χ3n) is 4.70. The van der Waals surface area contributed by atoms with Crippen LogP contribution in [0.25, 0.3) is 0 Å². The molecule has 2 unspecified atom stereocenters. The molecule has 0 saturated heterocycles. The van der Waals surface area contributed by atoms with Gasteiger partial charge >= 0.3 is 0 Å². The fourth-order valence-electron chi connectivity index (χ4n) is 3.10. The van der Waals surface area contributed by atoms with E-state index in [0.717, 1.165) is 11.8 Å². The third kappa shape index (κ3) is 4.89. The van der Waals surface area contributed by atoms with Gasteiger partial charge in [-0.15, -0.1) is 0 Å². The molecule has 0 nitrogen and oxygen atoms in total. The Hall–Kier alpha value is 0. The number of hydrogen-bond acceptors (Lipinski definition) is 0. The van der Waals surface area contributed by atoms with Crippen LogP contribution in [0, 0.1) is 17.3 Å². The van der Waals surface area contributed by atoms with E-state index in [0.29, 0.717) is 5.41 Å². The van der Waals surface area contributed by atoms with Gasteiger partial charge in [-0.05, 0) is 42.9 Å². The first-order valence-corrected chi connectivity index (χ1v) is 7.55. The zero-order valence-electron chi connectivity index (χ0n) is 12.0. The van der Waals surface area contributed by atoms with E-state index in [9.17, 15) is 0 Å². The second-order valence-corrected chi connectivity index (χ2v) is 6.83. The van der Waals surface area contributed by atoms with Crippen molar-refractivity contribution in [2.24, 2.45) is 17.3 Å². The molecule has 0 N–H and O–H groups in total. The molecular weight excluding hydrogens is 192 g/mol. The lowest BCUT2D eigenvalue weighted by molar-refractivity contribution is 0.299. The van der Waals surface area contributed by atoms with Crippen molar-refractivity contribution in [3.05, 3.63) is 0 Å². The predicted octanol–water partition coefficient (Wildman–Crippen LogP) is 5.81. The molecule has 0 spiro atoms. The van der Waals surface area contributed by atoms with Gasteiger partial charge in [-0.25, -0.2) is 0 Å². The van der Waals surface area contributed by atoms with E-state index in [1.807, 2.05) is 0 Å². The summed E-state index contributed by atoms with van der Waals surface area (Å²) in [4.78, 5) is 0. The molecule has 0 aromatic heterocycles. The Bertz CT molecular complexity index is 180. The Morgan fingerprint density at radius 3 is 2.38 bits per heavy atom. The van der Waals surface area contributed by atoms with Crippen LogP contribution >= 0.6 is 0 Å². The van der Waals surface area contributed by atoms with Crippen LogP contribution in [0.1, 0.15) is 85.5 Å². The van der Waals surface area contributed by atoms with E-state index >= 15 is 0 Å². The summed E-state index contributed by atoms with van der Waals surface area (Å²) >= 11 is 0. The minimum Gasteiger partial charge on any atom is -0.0654 e. The Labute approximate surface area is 103 Å². The molecule has 0 aliphatic heterocycles. The zero-order chi connectivity index (χ0) is 12.0. The van der Waals surface area contributed by atoms with Crippen molar-refractivity contribution in [2.75, 3.05) is 0 Å². The van der Waals surface area contributed by atoms with Gasteiger partial charge in [-0.1, -0.05) is 59.8 Å². The molecule has 0 heterocycles. The molecule has 1 fully saturated rings. The molecule has 1 aliphatic rings. The van der Waals surface area contributed by atoms with Gasteiger partial charge in [0.2, 0.25) is 0 Å². The lowest BCUT2D eigenvalue weighted by atomic mass is 9.84. The summed E-state index contributed by atoms with van der Waals surface area (Å²) < 4.78 is 0. The van der Waals surface area contributed by atoms with Crippen LogP contribution in [-0.2, 0) is 0 Å². The molecule has 0 aromatic carbocycles.